The molecule has 1 aliphatic carbocycles. The number of carbonyl (C=O) groups is 5. The van der Waals surface area contributed by atoms with Gasteiger partial charge in [0.25, 0.3) is 5.91 Å². The Bertz CT molecular complexity index is 1430. The molecule has 4 atom stereocenters. The second-order valence-electron chi connectivity index (χ2n) is 14.1. The molecule has 0 bridgehead atoms. The van der Waals surface area contributed by atoms with Gasteiger partial charge < -0.3 is 40.9 Å². The largest absolute Gasteiger partial charge is 0.454 e. The Morgan fingerprint density at radius 2 is 1.78 bits per heavy atom. The van der Waals surface area contributed by atoms with Crippen LogP contribution >= 0.6 is 0 Å². The third-order valence-electron chi connectivity index (χ3n) is 9.01. The number of oxime groups is 1. The standard InChI is InChI=1S/C32H44N6O8/c1-17(2)34-30(43)36-26(31(3,4)5)29(42)38-15-32(13-21(37-46-32)19-9-10-23-24(12-19)45-16-44-23)14-22(38)28(41)35-20(25(39)27(33)40)11-18-7-6-8-18/h9-10,12,17-18,20,22,26H,6-8,11,13-16H2,1-5H3,(H2,33,40)(H,35,41)(H2,34,36,43)/t20-,22-,26+,32+/m0/s1. The lowest BCUT2D eigenvalue weighted by molar-refractivity contribution is -0.143. The Labute approximate surface area is 268 Å². The second-order valence-corrected chi connectivity index (χ2v) is 14.1. The van der Waals surface area contributed by atoms with E-state index < -0.39 is 58.7 Å². The molecule has 0 unspecified atom stereocenters. The second kappa shape index (κ2) is 12.8. The van der Waals surface area contributed by atoms with Gasteiger partial charge in [0.2, 0.25) is 24.4 Å². The summed E-state index contributed by atoms with van der Waals surface area (Å²) in [5, 5.41) is 12.6. The van der Waals surface area contributed by atoms with Crippen molar-refractivity contribution in [1.82, 2.24) is 20.9 Å². The van der Waals surface area contributed by atoms with Crippen LogP contribution in [0.1, 0.15) is 78.7 Å². The zero-order valence-corrected chi connectivity index (χ0v) is 27.0. The summed E-state index contributed by atoms with van der Waals surface area (Å²) in [6.07, 6.45) is 3.43. The van der Waals surface area contributed by atoms with Gasteiger partial charge in [0.15, 0.2) is 17.1 Å². The lowest BCUT2D eigenvalue weighted by Crippen LogP contribution is -2.60. The highest BCUT2D eigenvalue weighted by Crippen LogP contribution is 2.41. The fourth-order valence-electron chi connectivity index (χ4n) is 6.34. The van der Waals surface area contributed by atoms with E-state index in [2.05, 4.69) is 21.1 Å². The van der Waals surface area contributed by atoms with Crippen LogP contribution in [0.15, 0.2) is 23.4 Å². The fraction of sp³-hybridized carbons (Fsp3) is 0.625. The Morgan fingerprint density at radius 3 is 2.41 bits per heavy atom. The summed E-state index contributed by atoms with van der Waals surface area (Å²) in [6.45, 7) is 9.19. The molecule has 0 aromatic heterocycles. The molecule has 3 aliphatic heterocycles. The zero-order chi connectivity index (χ0) is 33.4. The molecule has 250 valence electrons. The number of urea groups is 1. The smallest absolute Gasteiger partial charge is 0.315 e. The zero-order valence-electron chi connectivity index (χ0n) is 27.0. The molecule has 2 fully saturated rings. The van der Waals surface area contributed by atoms with Crippen LogP contribution in [0.3, 0.4) is 0 Å². The van der Waals surface area contributed by atoms with Crippen LogP contribution in [0.2, 0.25) is 0 Å². The minimum absolute atomic E-state index is 0.00140. The third-order valence-corrected chi connectivity index (χ3v) is 9.01. The monoisotopic (exact) mass is 640 g/mol. The van der Waals surface area contributed by atoms with Gasteiger partial charge in [-0.1, -0.05) is 45.2 Å². The van der Waals surface area contributed by atoms with E-state index in [1.165, 1.54) is 4.90 Å². The summed E-state index contributed by atoms with van der Waals surface area (Å²) < 4.78 is 10.9. The van der Waals surface area contributed by atoms with Crippen LogP contribution in [0.5, 0.6) is 11.5 Å². The number of hydrogen-bond acceptors (Lipinski definition) is 9. The van der Waals surface area contributed by atoms with Crippen LogP contribution in [0.25, 0.3) is 0 Å². The molecule has 46 heavy (non-hydrogen) atoms. The maximum atomic E-state index is 14.3. The quantitative estimate of drug-likeness (QED) is 0.278. The minimum Gasteiger partial charge on any atom is -0.454 e. The molecular formula is C32H44N6O8. The molecule has 4 aliphatic rings. The predicted molar refractivity (Wildman–Crippen MR) is 166 cm³/mol. The van der Waals surface area contributed by atoms with Crippen molar-refractivity contribution in [2.45, 2.75) is 103 Å². The van der Waals surface area contributed by atoms with E-state index in [0.29, 0.717) is 17.2 Å². The van der Waals surface area contributed by atoms with Gasteiger partial charge in [0, 0.05) is 24.4 Å². The maximum Gasteiger partial charge on any atom is 0.315 e. The van der Waals surface area contributed by atoms with Crippen LogP contribution < -0.4 is 31.2 Å². The number of ether oxygens (including phenoxy) is 2. The normalized spacial score (nSPS) is 23.3. The first-order chi connectivity index (χ1) is 21.7. The number of carbonyl (C=O) groups excluding carboxylic acids is 5. The summed E-state index contributed by atoms with van der Waals surface area (Å²) in [6, 6.07) is 1.54. The van der Waals surface area contributed by atoms with E-state index >= 15 is 0 Å². The molecular weight excluding hydrogens is 596 g/mol. The number of hydrogen-bond donors (Lipinski definition) is 4. The van der Waals surface area contributed by atoms with E-state index in [4.69, 9.17) is 20.0 Å². The fourth-order valence-corrected chi connectivity index (χ4v) is 6.34. The molecule has 0 radical (unpaired) electrons. The lowest BCUT2D eigenvalue weighted by Gasteiger charge is -2.36. The Balaban J connectivity index is 1.41. The van der Waals surface area contributed by atoms with E-state index in [0.717, 1.165) is 24.8 Å². The molecule has 5 N–H and O–H groups in total. The Kier molecular flexibility index (Phi) is 9.19. The van der Waals surface area contributed by atoms with Gasteiger partial charge >= 0.3 is 6.03 Å². The van der Waals surface area contributed by atoms with Crippen molar-refractivity contribution in [3.63, 3.8) is 0 Å². The number of primary amides is 1. The summed E-state index contributed by atoms with van der Waals surface area (Å²) in [5.74, 6) is -1.71. The first-order valence-corrected chi connectivity index (χ1v) is 15.8. The van der Waals surface area contributed by atoms with Crippen LogP contribution in [-0.2, 0) is 24.0 Å². The molecule has 1 saturated carbocycles. The van der Waals surface area contributed by atoms with Crippen LogP contribution in [0, 0.1) is 11.3 Å². The molecule has 1 aromatic rings. The maximum absolute atomic E-state index is 14.3. The number of nitrogens with zero attached hydrogens (tertiary/aromatic N) is 2. The van der Waals surface area contributed by atoms with Crippen molar-refractivity contribution in [2.24, 2.45) is 22.2 Å². The molecule has 14 nitrogen and oxygen atoms in total. The first kappa shape index (κ1) is 33.0. The summed E-state index contributed by atoms with van der Waals surface area (Å²) in [4.78, 5) is 73.2. The van der Waals surface area contributed by atoms with Crippen molar-refractivity contribution in [3.8, 4) is 11.5 Å². The van der Waals surface area contributed by atoms with Crippen molar-refractivity contribution in [2.75, 3.05) is 13.3 Å². The molecule has 5 amide bonds. The SMILES string of the molecule is CC(C)NC(=O)N[C@H](C(=O)N1C[C@@]2(CC(c3ccc4c(c3)OCO4)=NO2)C[C@H]1C(=O)N[C@@H](CC1CCC1)C(=O)C(N)=O)C(C)(C)C. The predicted octanol–water partition coefficient (Wildman–Crippen LogP) is 1.73. The molecule has 3 heterocycles. The topological polar surface area (TPSA) is 191 Å². The Morgan fingerprint density at radius 1 is 1.07 bits per heavy atom. The molecule has 1 aromatic carbocycles. The number of amides is 5. The highest BCUT2D eigenvalue weighted by Gasteiger charge is 2.56. The van der Waals surface area contributed by atoms with Gasteiger partial charge in [-0.25, -0.2) is 4.79 Å². The van der Waals surface area contributed by atoms with Crippen molar-refractivity contribution in [1.29, 1.82) is 0 Å². The molecule has 14 heteroatoms. The molecule has 1 saturated heterocycles. The van der Waals surface area contributed by atoms with E-state index in [1.807, 2.05) is 26.8 Å². The molecule has 1 spiro atoms. The van der Waals surface area contributed by atoms with Gasteiger partial charge in [-0.3, -0.25) is 19.2 Å². The van der Waals surface area contributed by atoms with Crippen LogP contribution in [-0.4, -0.2) is 83.3 Å². The highest BCUT2D eigenvalue weighted by atomic mass is 16.7. The van der Waals surface area contributed by atoms with Gasteiger partial charge in [0.05, 0.1) is 18.3 Å². The number of rotatable bonds is 10. The number of ketones is 1. The van der Waals surface area contributed by atoms with Crippen molar-refractivity contribution < 1.29 is 38.3 Å². The van der Waals surface area contributed by atoms with Gasteiger partial charge in [-0.2, -0.15) is 0 Å². The summed E-state index contributed by atoms with van der Waals surface area (Å²) in [7, 11) is 0. The lowest BCUT2D eigenvalue weighted by atomic mass is 9.80. The average molecular weight is 641 g/mol. The number of benzene rings is 1. The first-order valence-electron chi connectivity index (χ1n) is 15.8. The average Bonchev–Trinajstić information content (AvgIpc) is 3.69. The van der Waals surface area contributed by atoms with Crippen molar-refractivity contribution >= 4 is 35.2 Å². The number of likely N-dealkylation sites (tertiary alicyclic amines) is 1. The van der Waals surface area contributed by atoms with E-state index in [1.54, 1.807) is 26.0 Å². The minimum atomic E-state index is -1.13. The van der Waals surface area contributed by atoms with Gasteiger partial charge in [-0.15, -0.1) is 0 Å². The number of fused-ring (bicyclic) bond motifs is 1. The van der Waals surface area contributed by atoms with E-state index in [-0.39, 0.29) is 44.6 Å². The van der Waals surface area contributed by atoms with Crippen LogP contribution in [0.4, 0.5) is 4.79 Å². The number of nitrogens with one attached hydrogen (secondary N) is 3. The van der Waals surface area contributed by atoms with Crippen molar-refractivity contribution in [3.05, 3.63) is 23.8 Å². The number of nitrogens with two attached hydrogens (primary N) is 1. The van der Waals surface area contributed by atoms with Gasteiger partial charge in [0.1, 0.15) is 12.1 Å². The highest BCUT2D eigenvalue weighted by molar-refractivity contribution is 6.37. The summed E-state index contributed by atoms with van der Waals surface area (Å²) in [5.41, 5.74) is 4.92. The third kappa shape index (κ3) is 7.05. The number of Topliss-reactive ketones (excluding diaryl/α,β-unsaturated/α-hetero) is 1. The summed E-state index contributed by atoms with van der Waals surface area (Å²) >= 11 is 0. The molecule has 5 rings (SSSR count). The van der Waals surface area contributed by atoms with E-state index in [9.17, 15) is 24.0 Å². The Hall–Kier alpha value is -4.36. The van der Waals surface area contributed by atoms with Gasteiger partial charge in [-0.05, 0) is 49.8 Å².